The van der Waals surface area contributed by atoms with Crippen molar-refractivity contribution in [1.29, 1.82) is 0 Å². The SMILES string of the molecule is Cc1ccc2nc(C3C(=O)c4ccc(Br)cc4C3=O)ccc2c1. The standard InChI is InChI=1S/C19H12BrNO2/c1-10-2-6-15-11(8-10)3-7-16(21-15)17-18(22)13-5-4-12(20)9-14(13)19(17)23/h2-9,17H,1H3. The highest BCUT2D eigenvalue weighted by atomic mass is 79.9. The number of pyridine rings is 1. The first-order chi connectivity index (χ1) is 11.0. The molecule has 1 heterocycles. The minimum absolute atomic E-state index is 0.170. The fraction of sp³-hybridized carbons (Fsp3) is 0.105. The number of carbonyl (C=O) groups is 2. The van der Waals surface area contributed by atoms with Crippen LogP contribution in [0.3, 0.4) is 0 Å². The summed E-state index contributed by atoms with van der Waals surface area (Å²) in [4.78, 5) is 29.9. The van der Waals surface area contributed by atoms with E-state index in [9.17, 15) is 9.59 Å². The lowest BCUT2D eigenvalue weighted by Gasteiger charge is -2.08. The largest absolute Gasteiger partial charge is 0.293 e. The molecule has 2 aromatic carbocycles. The molecule has 112 valence electrons. The molecule has 23 heavy (non-hydrogen) atoms. The molecule has 0 saturated heterocycles. The Kier molecular flexibility index (Phi) is 3.16. The minimum Gasteiger partial charge on any atom is -0.293 e. The van der Waals surface area contributed by atoms with Crippen molar-refractivity contribution < 1.29 is 9.59 Å². The predicted molar refractivity (Wildman–Crippen MR) is 92.0 cm³/mol. The van der Waals surface area contributed by atoms with Gasteiger partial charge in [-0.15, -0.1) is 0 Å². The Balaban J connectivity index is 1.84. The number of nitrogens with zero attached hydrogens (tertiary/aromatic N) is 1. The minimum atomic E-state index is -0.829. The number of hydrogen-bond donors (Lipinski definition) is 0. The number of benzene rings is 2. The van der Waals surface area contributed by atoms with Gasteiger partial charge in [-0.25, -0.2) is 0 Å². The van der Waals surface area contributed by atoms with E-state index in [4.69, 9.17) is 0 Å². The van der Waals surface area contributed by atoms with E-state index < -0.39 is 5.92 Å². The summed E-state index contributed by atoms with van der Waals surface area (Å²) in [5.74, 6) is -1.17. The monoisotopic (exact) mass is 365 g/mol. The number of aryl methyl sites for hydroxylation is 1. The van der Waals surface area contributed by atoms with E-state index in [0.29, 0.717) is 16.8 Å². The number of rotatable bonds is 1. The zero-order valence-electron chi connectivity index (χ0n) is 12.3. The molecule has 0 amide bonds. The number of hydrogen-bond acceptors (Lipinski definition) is 3. The highest BCUT2D eigenvalue weighted by Crippen LogP contribution is 2.35. The average Bonchev–Trinajstić information content (AvgIpc) is 2.78. The van der Waals surface area contributed by atoms with Gasteiger partial charge in [0.2, 0.25) is 0 Å². The van der Waals surface area contributed by atoms with Crippen LogP contribution in [-0.4, -0.2) is 16.6 Å². The van der Waals surface area contributed by atoms with Crippen LogP contribution in [0.2, 0.25) is 0 Å². The van der Waals surface area contributed by atoms with Crippen LogP contribution < -0.4 is 0 Å². The number of ketones is 2. The van der Waals surface area contributed by atoms with Gasteiger partial charge < -0.3 is 0 Å². The summed E-state index contributed by atoms with van der Waals surface area (Å²) >= 11 is 3.35. The smallest absolute Gasteiger partial charge is 0.180 e. The first kappa shape index (κ1) is 14.3. The molecule has 1 unspecified atom stereocenters. The van der Waals surface area contributed by atoms with E-state index in [-0.39, 0.29) is 11.6 Å². The van der Waals surface area contributed by atoms with Crippen molar-refractivity contribution in [3.63, 3.8) is 0 Å². The normalized spacial score (nSPS) is 16.9. The Morgan fingerprint density at radius 3 is 2.52 bits per heavy atom. The fourth-order valence-electron chi connectivity index (χ4n) is 3.06. The van der Waals surface area contributed by atoms with E-state index in [2.05, 4.69) is 20.9 Å². The molecule has 0 radical (unpaired) electrons. The molecule has 0 bridgehead atoms. The van der Waals surface area contributed by atoms with Gasteiger partial charge in [0.25, 0.3) is 0 Å². The Morgan fingerprint density at radius 1 is 0.913 bits per heavy atom. The number of carbonyl (C=O) groups excluding carboxylic acids is 2. The Morgan fingerprint density at radius 2 is 1.70 bits per heavy atom. The van der Waals surface area contributed by atoms with Crippen LogP contribution in [0.1, 0.15) is 37.9 Å². The zero-order valence-corrected chi connectivity index (χ0v) is 13.9. The van der Waals surface area contributed by atoms with E-state index in [1.54, 1.807) is 24.3 Å². The second kappa shape index (κ2) is 5.10. The van der Waals surface area contributed by atoms with Crippen molar-refractivity contribution >= 4 is 38.4 Å². The first-order valence-corrected chi connectivity index (χ1v) is 8.09. The van der Waals surface area contributed by atoms with Gasteiger partial charge in [-0.2, -0.15) is 0 Å². The van der Waals surface area contributed by atoms with Gasteiger partial charge in [-0.05, 0) is 43.3 Å². The van der Waals surface area contributed by atoms with Gasteiger partial charge >= 0.3 is 0 Å². The third-order valence-electron chi connectivity index (χ3n) is 4.20. The van der Waals surface area contributed by atoms with Crippen molar-refractivity contribution in [1.82, 2.24) is 4.98 Å². The topological polar surface area (TPSA) is 47.0 Å². The molecule has 3 nitrogen and oxygen atoms in total. The van der Waals surface area contributed by atoms with Crippen LogP contribution in [0.4, 0.5) is 0 Å². The molecular formula is C19H12BrNO2. The summed E-state index contributed by atoms with van der Waals surface area (Å²) in [6, 6.07) is 14.8. The van der Waals surface area contributed by atoms with Gasteiger partial charge in [-0.3, -0.25) is 14.6 Å². The summed E-state index contributed by atoms with van der Waals surface area (Å²) in [6.07, 6.45) is 0. The van der Waals surface area contributed by atoms with E-state index in [1.807, 2.05) is 31.2 Å². The second-order valence-corrected chi connectivity index (χ2v) is 6.70. The maximum absolute atomic E-state index is 12.7. The van der Waals surface area contributed by atoms with Gasteiger partial charge in [0, 0.05) is 21.0 Å². The molecular weight excluding hydrogens is 354 g/mol. The van der Waals surface area contributed by atoms with Gasteiger partial charge in [0.05, 0.1) is 11.2 Å². The molecule has 4 heteroatoms. The van der Waals surface area contributed by atoms with Gasteiger partial charge in [-0.1, -0.05) is 33.6 Å². The van der Waals surface area contributed by atoms with Crippen LogP contribution >= 0.6 is 15.9 Å². The average molecular weight is 366 g/mol. The fourth-order valence-corrected chi connectivity index (χ4v) is 3.42. The van der Waals surface area contributed by atoms with Crippen molar-refractivity contribution in [3.05, 3.63) is 75.4 Å². The molecule has 0 fully saturated rings. The van der Waals surface area contributed by atoms with Gasteiger partial charge in [0.15, 0.2) is 11.6 Å². The van der Waals surface area contributed by atoms with Crippen LogP contribution in [0, 0.1) is 6.92 Å². The second-order valence-electron chi connectivity index (χ2n) is 5.78. The summed E-state index contributed by atoms with van der Waals surface area (Å²) < 4.78 is 0.792. The molecule has 1 aliphatic rings. The van der Waals surface area contributed by atoms with Crippen molar-refractivity contribution in [2.24, 2.45) is 0 Å². The highest BCUT2D eigenvalue weighted by Gasteiger charge is 2.40. The molecule has 3 aromatic rings. The predicted octanol–water partition coefficient (Wildman–Crippen LogP) is 4.47. The maximum atomic E-state index is 12.7. The third-order valence-corrected chi connectivity index (χ3v) is 4.69. The van der Waals surface area contributed by atoms with Crippen LogP contribution in [0.25, 0.3) is 10.9 Å². The lowest BCUT2D eigenvalue weighted by atomic mass is 9.98. The molecule has 1 aliphatic carbocycles. The molecule has 1 aromatic heterocycles. The number of Topliss-reactive ketones (excluding diaryl/α,β-unsaturated/α-hetero) is 2. The Bertz CT molecular complexity index is 994. The number of halogens is 1. The molecule has 4 rings (SSSR count). The lowest BCUT2D eigenvalue weighted by molar-refractivity contribution is 0.0888. The Labute approximate surface area is 141 Å². The maximum Gasteiger partial charge on any atom is 0.180 e. The summed E-state index contributed by atoms with van der Waals surface area (Å²) in [7, 11) is 0. The van der Waals surface area contributed by atoms with Crippen molar-refractivity contribution in [2.75, 3.05) is 0 Å². The van der Waals surface area contributed by atoms with Crippen LogP contribution in [0.15, 0.2) is 53.0 Å². The molecule has 1 atom stereocenters. The highest BCUT2D eigenvalue weighted by molar-refractivity contribution is 9.10. The molecule has 0 N–H and O–H groups in total. The lowest BCUT2D eigenvalue weighted by Crippen LogP contribution is -2.14. The summed E-state index contributed by atoms with van der Waals surface area (Å²) in [6.45, 7) is 2.02. The van der Waals surface area contributed by atoms with E-state index in [1.165, 1.54) is 0 Å². The van der Waals surface area contributed by atoms with Crippen molar-refractivity contribution in [2.45, 2.75) is 12.8 Å². The van der Waals surface area contributed by atoms with Crippen LogP contribution in [-0.2, 0) is 0 Å². The molecule has 0 saturated carbocycles. The van der Waals surface area contributed by atoms with Gasteiger partial charge in [0.1, 0.15) is 5.92 Å². The first-order valence-electron chi connectivity index (χ1n) is 7.30. The number of aromatic nitrogens is 1. The van der Waals surface area contributed by atoms with Crippen LogP contribution in [0.5, 0.6) is 0 Å². The molecule has 0 spiro atoms. The number of fused-ring (bicyclic) bond motifs is 2. The zero-order chi connectivity index (χ0) is 16.1. The summed E-state index contributed by atoms with van der Waals surface area (Å²) in [5.41, 5.74) is 3.42. The quantitative estimate of drug-likeness (QED) is 0.597. The van der Waals surface area contributed by atoms with E-state index >= 15 is 0 Å². The molecule has 0 aliphatic heterocycles. The van der Waals surface area contributed by atoms with E-state index in [0.717, 1.165) is 20.9 Å². The summed E-state index contributed by atoms with van der Waals surface area (Å²) in [5, 5.41) is 1.01. The third kappa shape index (κ3) is 2.21. The Hall–Kier alpha value is -2.33. The van der Waals surface area contributed by atoms with Crippen molar-refractivity contribution in [3.8, 4) is 0 Å².